The summed E-state index contributed by atoms with van der Waals surface area (Å²) in [6, 6.07) is 0. The lowest BCUT2D eigenvalue weighted by Crippen LogP contribution is -2.08. The Bertz CT molecular complexity index is 340. The van der Waals surface area contributed by atoms with Crippen LogP contribution in [0.5, 0.6) is 0 Å². The SMILES string of the molecule is CCCCCCCCCCCCCCC(CCCCCCCCCCCCCC)C(=O)Cl. The number of halogens is 1. The maximum Gasteiger partial charge on any atom is 0.224 e. The molecular formula is C30H59ClO. The molecule has 0 aromatic rings. The molecule has 0 heterocycles. The van der Waals surface area contributed by atoms with E-state index in [0.717, 1.165) is 12.8 Å². The van der Waals surface area contributed by atoms with Crippen LogP contribution in [0.25, 0.3) is 0 Å². The molecule has 0 atom stereocenters. The number of unbranched alkanes of at least 4 members (excludes halogenated alkanes) is 22. The fourth-order valence-electron chi connectivity index (χ4n) is 4.83. The van der Waals surface area contributed by atoms with Gasteiger partial charge in [0.25, 0.3) is 0 Å². The third-order valence-electron chi connectivity index (χ3n) is 7.13. The lowest BCUT2D eigenvalue weighted by atomic mass is 9.95. The zero-order chi connectivity index (χ0) is 23.5. The van der Waals surface area contributed by atoms with E-state index in [0.29, 0.717) is 0 Å². The van der Waals surface area contributed by atoms with Gasteiger partial charge in [0.2, 0.25) is 5.24 Å². The first-order valence-electron chi connectivity index (χ1n) is 14.9. The smallest absolute Gasteiger partial charge is 0.224 e. The molecule has 0 fully saturated rings. The van der Waals surface area contributed by atoms with Gasteiger partial charge in [-0.15, -0.1) is 0 Å². The molecule has 0 aliphatic heterocycles. The van der Waals surface area contributed by atoms with E-state index in [9.17, 15) is 4.79 Å². The van der Waals surface area contributed by atoms with Gasteiger partial charge in [0.15, 0.2) is 0 Å². The van der Waals surface area contributed by atoms with Crippen molar-refractivity contribution in [3.8, 4) is 0 Å². The Morgan fingerprint density at radius 1 is 0.438 bits per heavy atom. The van der Waals surface area contributed by atoms with Crippen molar-refractivity contribution in [1.29, 1.82) is 0 Å². The number of carbonyl (C=O) groups excluding carboxylic acids is 1. The minimum absolute atomic E-state index is 0.0869. The summed E-state index contributed by atoms with van der Waals surface area (Å²) >= 11 is 5.89. The van der Waals surface area contributed by atoms with Gasteiger partial charge >= 0.3 is 0 Å². The Hall–Kier alpha value is -0.0400. The molecule has 0 radical (unpaired) electrons. The second-order valence-electron chi connectivity index (χ2n) is 10.4. The number of hydrogen-bond donors (Lipinski definition) is 0. The van der Waals surface area contributed by atoms with Crippen molar-refractivity contribution in [1.82, 2.24) is 0 Å². The van der Waals surface area contributed by atoms with E-state index >= 15 is 0 Å². The van der Waals surface area contributed by atoms with Crippen molar-refractivity contribution >= 4 is 16.8 Å². The Balaban J connectivity index is 3.42. The lowest BCUT2D eigenvalue weighted by Gasteiger charge is -2.12. The molecule has 0 rings (SSSR count). The molecule has 0 amide bonds. The van der Waals surface area contributed by atoms with E-state index in [2.05, 4.69) is 13.8 Å². The Morgan fingerprint density at radius 2 is 0.656 bits per heavy atom. The van der Waals surface area contributed by atoms with Crippen molar-refractivity contribution in [2.75, 3.05) is 0 Å². The summed E-state index contributed by atoms with van der Waals surface area (Å²) < 4.78 is 0. The second-order valence-corrected chi connectivity index (χ2v) is 10.7. The third kappa shape index (κ3) is 24.6. The molecular weight excluding hydrogens is 412 g/mol. The molecule has 0 aliphatic rings. The largest absolute Gasteiger partial charge is 0.281 e. The molecule has 2 heteroatoms. The number of carbonyl (C=O) groups is 1. The van der Waals surface area contributed by atoms with Crippen LogP contribution in [-0.2, 0) is 4.79 Å². The average molecular weight is 471 g/mol. The fourth-order valence-corrected chi connectivity index (χ4v) is 5.05. The zero-order valence-electron chi connectivity index (χ0n) is 22.2. The quantitative estimate of drug-likeness (QED) is 0.0860. The van der Waals surface area contributed by atoms with Gasteiger partial charge in [-0.1, -0.05) is 168 Å². The van der Waals surface area contributed by atoms with Gasteiger partial charge in [0, 0.05) is 5.92 Å². The van der Waals surface area contributed by atoms with Crippen LogP contribution in [0.4, 0.5) is 0 Å². The van der Waals surface area contributed by atoms with Crippen LogP contribution >= 0.6 is 11.6 Å². The Labute approximate surface area is 208 Å². The van der Waals surface area contributed by atoms with Crippen LogP contribution in [0.3, 0.4) is 0 Å². The standard InChI is InChI=1S/C30H59ClO/c1-3-5-7-9-11-13-15-17-19-21-23-25-27-29(30(31)32)28-26-24-22-20-18-16-14-12-10-8-6-4-2/h29H,3-28H2,1-2H3. The first kappa shape index (κ1) is 32.0. The highest BCUT2D eigenvalue weighted by Gasteiger charge is 2.15. The van der Waals surface area contributed by atoms with Crippen LogP contribution in [0, 0.1) is 5.92 Å². The molecule has 32 heavy (non-hydrogen) atoms. The lowest BCUT2D eigenvalue weighted by molar-refractivity contribution is -0.115. The van der Waals surface area contributed by atoms with Crippen molar-refractivity contribution in [3.05, 3.63) is 0 Å². The Kier molecular flexibility index (Phi) is 27.2. The summed E-state index contributed by atoms with van der Waals surface area (Å²) in [5, 5.41) is -0.0869. The van der Waals surface area contributed by atoms with Gasteiger partial charge in [0.1, 0.15) is 0 Å². The van der Waals surface area contributed by atoms with Crippen LogP contribution in [0.15, 0.2) is 0 Å². The fraction of sp³-hybridized carbons (Fsp3) is 0.967. The predicted molar refractivity (Wildman–Crippen MR) is 146 cm³/mol. The van der Waals surface area contributed by atoms with Gasteiger partial charge in [-0.25, -0.2) is 0 Å². The van der Waals surface area contributed by atoms with E-state index in [1.165, 1.54) is 154 Å². The summed E-state index contributed by atoms with van der Waals surface area (Å²) in [5.41, 5.74) is 0. The van der Waals surface area contributed by atoms with Gasteiger partial charge in [-0.3, -0.25) is 4.79 Å². The molecule has 1 nitrogen and oxygen atoms in total. The second kappa shape index (κ2) is 27.2. The molecule has 0 N–H and O–H groups in total. The van der Waals surface area contributed by atoms with Crippen LogP contribution < -0.4 is 0 Å². The number of rotatable bonds is 27. The maximum absolute atomic E-state index is 11.8. The van der Waals surface area contributed by atoms with E-state index in [1.54, 1.807) is 0 Å². The zero-order valence-corrected chi connectivity index (χ0v) is 23.0. The molecule has 0 spiro atoms. The normalized spacial score (nSPS) is 11.5. The van der Waals surface area contributed by atoms with Gasteiger partial charge < -0.3 is 0 Å². The van der Waals surface area contributed by atoms with Crippen LogP contribution in [0.2, 0.25) is 0 Å². The van der Waals surface area contributed by atoms with E-state index in [4.69, 9.17) is 11.6 Å². The number of hydrogen-bond acceptors (Lipinski definition) is 1. The van der Waals surface area contributed by atoms with Gasteiger partial charge in [0.05, 0.1) is 0 Å². The predicted octanol–water partition coefficient (Wildman–Crippen LogP) is 11.6. The summed E-state index contributed by atoms with van der Waals surface area (Å²) in [6.45, 7) is 4.56. The highest BCUT2D eigenvalue weighted by Crippen LogP contribution is 2.22. The van der Waals surface area contributed by atoms with Crippen molar-refractivity contribution in [2.45, 2.75) is 181 Å². The summed E-state index contributed by atoms with van der Waals surface area (Å²) in [6.07, 6.45) is 34.9. The molecule has 0 saturated carbocycles. The summed E-state index contributed by atoms with van der Waals surface area (Å²) in [7, 11) is 0. The van der Waals surface area contributed by atoms with Crippen LogP contribution in [-0.4, -0.2) is 5.24 Å². The third-order valence-corrected chi connectivity index (χ3v) is 7.44. The minimum Gasteiger partial charge on any atom is -0.281 e. The van der Waals surface area contributed by atoms with Gasteiger partial charge in [-0.2, -0.15) is 0 Å². The van der Waals surface area contributed by atoms with E-state index in [-0.39, 0.29) is 11.2 Å². The van der Waals surface area contributed by atoms with Crippen molar-refractivity contribution in [2.24, 2.45) is 5.92 Å². The molecule has 0 unspecified atom stereocenters. The molecule has 0 saturated heterocycles. The summed E-state index contributed by atoms with van der Waals surface area (Å²) in [5.74, 6) is 0.114. The first-order chi connectivity index (χ1) is 15.7. The van der Waals surface area contributed by atoms with Crippen molar-refractivity contribution < 1.29 is 4.79 Å². The monoisotopic (exact) mass is 470 g/mol. The topological polar surface area (TPSA) is 17.1 Å². The maximum atomic E-state index is 11.8. The van der Waals surface area contributed by atoms with E-state index in [1.807, 2.05) is 0 Å². The summed E-state index contributed by atoms with van der Waals surface area (Å²) in [4.78, 5) is 11.8. The molecule has 0 bridgehead atoms. The van der Waals surface area contributed by atoms with Crippen molar-refractivity contribution in [3.63, 3.8) is 0 Å². The molecule has 192 valence electrons. The molecule has 0 aromatic carbocycles. The molecule has 0 aromatic heterocycles. The van der Waals surface area contributed by atoms with Gasteiger partial charge in [-0.05, 0) is 24.4 Å². The first-order valence-corrected chi connectivity index (χ1v) is 15.3. The highest BCUT2D eigenvalue weighted by atomic mass is 35.5. The average Bonchev–Trinajstić information content (AvgIpc) is 2.78. The highest BCUT2D eigenvalue weighted by molar-refractivity contribution is 6.63. The molecule has 0 aliphatic carbocycles. The minimum atomic E-state index is -0.0869. The van der Waals surface area contributed by atoms with E-state index < -0.39 is 0 Å². The van der Waals surface area contributed by atoms with Crippen LogP contribution in [0.1, 0.15) is 181 Å². The Morgan fingerprint density at radius 3 is 0.875 bits per heavy atom.